The lowest BCUT2D eigenvalue weighted by Crippen LogP contribution is -2.38. The molecule has 2 N–H and O–H groups in total. The number of hydrogen-bond acceptors (Lipinski definition) is 7. The number of amides is 1. The fourth-order valence-electron chi connectivity index (χ4n) is 3.71. The zero-order valence-electron chi connectivity index (χ0n) is 17.1. The van der Waals surface area contributed by atoms with Gasteiger partial charge in [-0.2, -0.15) is 5.26 Å². The summed E-state index contributed by atoms with van der Waals surface area (Å²) in [6.07, 6.45) is 3.62. The normalized spacial score (nSPS) is 17.4. The number of allylic oxidation sites excluding steroid dienone is 1. The van der Waals surface area contributed by atoms with Gasteiger partial charge in [-0.1, -0.05) is 12.1 Å². The summed E-state index contributed by atoms with van der Waals surface area (Å²) in [7, 11) is 0. The molecule has 0 saturated carbocycles. The number of aromatic nitrogens is 2. The molecular weight excluding hydrogens is 380 g/mol. The van der Waals surface area contributed by atoms with Crippen LogP contribution in [0.4, 0.5) is 11.6 Å². The van der Waals surface area contributed by atoms with Crippen molar-refractivity contribution in [1.29, 1.82) is 5.26 Å². The summed E-state index contributed by atoms with van der Waals surface area (Å²) in [6, 6.07) is 9.76. The molecule has 154 valence electrons. The maximum atomic E-state index is 11.5. The number of ether oxygens (including phenoxy) is 1. The van der Waals surface area contributed by atoms with Gasteiger partial charge in [0.15, 0.2) is 5.75 Å². The first kappa shape index (κ1) is 19.7. The lowest BCUT2D eigenvalue weighted by molar-refractivity contribution is -0.130. The molecule has 8 nitrogen and oxygen atoms in total. The number of hydrogen-bond donors (Lipinski definition) is 2. The summed E-state index contributed by atoms with van der Waals surface area (Å²) >= 11 is 0. The van der Waals surface area contributed by atoms with E-state index < -0.39 is 0 Å². The van der Waals surface area contributed by atoms with Crippen molar-refractivity contribution in [3.8, 4) is 11.8 Å². The molecule has 2 aromatic rings. The summed E-state index contributed by atoms with van der Waals surface area (Å²) in [4.78, 5) is 22.3. The number of carbonyl (C=O) groups is 1. The second-order valence-corrected chi connectivity index (χ2v) is 7.59. The van der Waals surface area contributed by atoms with Gasteiger partial charge >= 0.3 is 0 Å². The standard InChI is InChI=1S/C22H24N6O2/c1-14-12-24-22(25-13-16-7-9-28(10-8-16)15(2)29)27-20(14)17(11-23)21-26-18-5-3-4-6-19(18)30-21/h3-6,12,16,26H,7-10,13H2,1-2H3,(H,24,25,27)/b21-17+. The number of nitrogens with zero attached hydrogens (tertiary/aromatic N) is 4. The molecule has 8 heteroatoms. The Morgan fingerprint density at radius 3 is 2.83 bits per heavy atom. The van der Waals surface area contributed by atoms with Crippen LogP contribution in [0.5, 0.6) is 5.75 Å². The summed E-state index contributed by atoms with van der Waals surface area (Å²) in [5.41, 5.74) is 2.49. The SMILES string of the molecule is CC(=O)N1CCC(CNc2ncc(C)c(/C(C#N)=C3\Nc4ccccc4O3)n2)CC1. The Morgan fingerprint density at radius 1 is 1.37 bits per heavy atom. The molecule has 0 radical (unpaired) electrons. The molecule has 1 amide bonds. The van der Waals surface area contributed by atoms with Gasteiger partial charge in [0.1, 0.15) is 11.6 Å². The fourth-order valence-corrected chi connectivity index (χ4v) is 3.71. The second-order valence-electron chi connectivity index (χ2n) is 7.59. The minimum Gasteiger partial charge on any atom is -0.437 e. The predicted molar refractivity (Wildman–Crippen MR) is 113 cm³/mol. The van der Waals surface area contributed by atoms with E-state index in [9.17, 15) is 10.1 Å². The first-order valence-corrected chi connectivity index (χ1v) is 10.1. The number of carbonyl (C=O) groups excluding carboxylic acids is 1. The molecule has 1 saturated heterocycles. The highest BCUT2D eigenvalue weighted by Crippen LogP contribution is 2.35. The number of fused-ring (bicyclic) bond motifs is 1. The topological polar surface area (TPSA) is 103 Å². The van der Waals surface area contributed by atoms with Gasteiger partial charge in [0.2, 0.25) is 17.7 Å². The van der Waals surface area contributed by atoms with Crippen molar-refractivity contribution < 1.29 is 9.53 Å². The van der Waals surface area contributed by atoms with E-state index in [0.717, 1.165) is 43.7 Å². The number of para-hydroxylation sites is 2. The van der Waals surface area contributed by atoms with Crippen molar-refractivity contribution in [2.75, 3.05) is 30.3 Å². The largest absolute Gasteiger partial charge is 0.437 e. The Labute approximate surface area is 175 Å². The van der Waals surface area contributed by atoms with Gasteiger partial charge in [0.25, 0.3) is 0 Å². The average Bonchev–Trinajstić information content (AvgIpc) is 3.18. The highest BCUT2D eigenvalue weighted by molar-refractivity contribution is 5.83. The van der Waals surface area contributed by atoms with E-state index >= 15 is 0 Å². The van der Waals surface area contributed by atoms with Crippen LogP contribution in [0.3, 0.4) is 0 Å². The number of nitrogens with one attached hydrogen (secondary N) is 2. The van der Waals surface area contributed by atoms with E-state index in [1.807, 2.05) is 36.1 Å². The highest BCUT2D eigenvalue weighted by atomic mass is 16.5. The van der Waals surface area contributed by atoms with Crippen LogP contribution in [0, 0.1) is 24.2 Å². The van der Waals surface area contributed by atoms with E-state index in [4.69, 9.17) is 4.74 Å². The van der Waals surface area contributed by atoms with Gasteiger partial charge in [-0.25, -0.2) is 9.97 Å². The molecule has 0 aliphatic carbocycles. The smallest absolute Gasteiger partial charge is 0.223 e. The molecule has 1 fully saturated rings. The quantitative estimate of drug-likeness (QED) is 0.755. The third-order valence-electron chi connectivity index (χ3n) is 5.50. The fraction of sp³-hybridized carbons (Fsp3) is 0.364. The molecule has 1 aromatic carbocycles. The zero-order chi connectivity index (χ0) is 21.1. The first-order chi connectivity index (χ1) is 14.5. The van der Waals surface area contributed by atoms with Gasteiger partial charge in [0, 0.05) is 32.8 Å². The van der Waals surface area contributed by atoms with Gasteiger partial charge < -0.3 is 20.3 Å². The van der Waals surface area contributed by atoms with Gasteiger partial charge in [-0.15, -0.1) is 0 Å². The van der Waals surface area contributed by atoms with Crippen molar-refractivity contribution in [2.45, 2.75) is 26.7 Å². The Bertz CT molecular complexity index is 1010. The van der Waals surface area contributed by atoms with E-state index in [0.29, 0.717) is 34.8 Å². The van der Waals surface area contributed by atoms with Crippen LogP contribution in [0.15, 0.2) is 36.3 Å². The second kappa shape index (κ2) is 8.41. The van der Waals surface area contributed by atoms with Gasteiger partial charge in [-0.3, -0.25) is 4.79 Å². The minimum absolute atomic E-state index is 0.134. The number of aryl methyl sites for hydroxylation is 1. The number of piperidine rings is 1. The Balaban J connectivity index is 1.48. The van der Waals surface area contributed by atoms with E-state index in [2.05, 4.69) is 26.7 Å². The first-order valence-electron chi connectivity index (χ1n) is 10.1. The Morgan fingerprint density at radius 2 is 2.13 bits per heavy atom. The van der Waals surface area contributed by atoms with Crippen LogP contribution in [0.2, 0.25) is 0 Å². The summed E-state index contributed by atoms with van der Waals surface area (Å²) < 4.78 is 5.83. The summed E-state index contributed by atoms with van der Waals surface area (Å²) in [6.45, 7) is 5.79. The summed E-state index contributed by atoms with van der Waals surface area (Å²) in [5.74, 6) is 2.13. The van der Waals surface area contributed by atoms with E-state index in [1.54, 1.807) is 13.1 Å². The van der Waals surface area contributed by atoms with Crippen molar-refractivity contribution in [3.05, 3.63) is 47.6 Å². The number of rotatable bonds is 4. The zero-order valence-corrected chi connectivity index (χ0v) is 17.1. The van der Waals surface area contributed by atoms with Crippen LogP contribution >= 0.6 is 0 Å². The molecular formula is C22H24N6O2. The lowest BCUT2D eigenvalue weighted by atomic mass is 9.97. The van der Waals surface area contributed by atoms with Crippen LogP contribution < -0.4 is 15.4 Å². The number of likely N-dealkylation sites (tertiary alicyclic amines) is 1. The van der Waals surface area contributed by atoms with Crippen molar-refractivity contribution in [1.82, 2.24) is 14.9 Å². The van der Waals surface area contributed by atoms with Crippen LogP contribution in [0.25, 0.3) is 5.57 Å². The molecule has 3 heterocycles. The van der Waals surface area contributed by atoms with E-state index in [-0.39, 0.29) is 5.91 Å². The van der Waals surface area contributed by atoms with Gasteiger partial charge in [-0.05, 0) is 43.4 Å². The third-order valence-corrected chi connectivity index (χ3v) is 5.50. The molecule has 1 aromatic heterocycles. The third kappa shape index (κ3) is 4.06. The Kier molecular flexibility index (Phi) is 5.53. The van der Waals surface area contributed by atoms with Gasteiger partial charge in [0.05, 0.1) is 11.4 Å². The van der Waals surface area contributed by atoms with Crippen molar-refractivity contribution >= 4 is 23.1 Å². The molecule has 0 bridgehead atoms. The molecule has 2 aliphatic rings. The van der Waals surface area contributed by atoms with Crippen molar-refractivity contribution in [3.63, 3.8) is 0 Å². The lowest BCUT2D eigenvalue weighted by Gasteiger charge is -2.31. The molecule has 0 spiro atoms. The van der Waals surface area contributed by atoms with Crippen LogP contribution in [-0.2, 0) is 4.79 Å². The summed E-state index contributed by atoms with van der Waals surface area (Å²) in [5, 5.41) is 16.2. The monoisotopic (exact) mass is 404 g/mol. The number of anilines is 2. The van der Waals surface area contributed by atoms with Crippen LogP contribution in [0.1, 0.15) is 31.0 Å². The molecule has 0 atom stereocenters. The average molecular weight is 404 g/mol. The van der Waals surface area contributed by atoms with Crippen LogP contribution in [-0.4, -0.2) is 40.4 Å². The highest BCUT2D eigenvalue weighted by Gasteiger charge is 2.24. The van der Waals surface area contributed by atoms with Crippen molar-refractivity contribution in [2.24, 2.45) is 5.92 Å². The molecule has 2 aliphatic heterocycles. The predicted octanol–water partition coefficient (Wildman–Crippen LogP) is 3.15. The number of benzene rings is 1. The number of nitriles is 1. The Hall–Kier alpha value is -3.60. The maximum absolute atomic E-state index is 11.5. The minimum atomic E-state index is 0.134. The van der Waals surface area contributed by atoms with E-state index in [1.165, 1.54) is 0 Å². The molecule has 4 rings (SSSR count). The maximum Gasteiger partial charge on any atom is 0.223 e. The molecule has 30 heavy (non-hydrogen) atoms. The molecule has 0 unspecified atom stereocenters.